The summed E-state index contributed by atoms with van der Waals surface area (Å²) in [5.74, 6) is 0.469. The van der Waals surface area contributed by atoms with Crippen molar-refractivity contribution in [1.82, 2.24) is 34.3 Å². The Labute approximate surface area is 310 Å². The van der Waals surface area contributed by atoms with Crippen LogP contribution in [0.3, 0.4) is 0 Å². The maximum atomic E-state index is 15.3. The Morgan fingerprint density at radius 2 is 1.60 bits per heavy atom. The molecule has 3 aromatic heterocycles. The summed E-state index contributed by atoms with van der Waals surface area (Å²) in [4.78, 5) is 53.8. The predicted octanol–water partition coefficient (Wildman–Crippen LogP) is 7.71. The molecule has 52 heavy (non-hydrogen) atoms. The summed E-state index contributed by atoms with van der Waals surface area (Å²) in [6, 6.07) is 7.52. The lowest BCUT2D eigenvalue weighted by Crippen LogP contribution is -2.59. The van der Waals surface area contributed by atoms with Crippen LogP contribution in [0.1, 0.15) is 104 Å². The van der Waals surface area contributed by atoms with Gasteiger partial charge in [0.05, 0.1) is 39.7 Å². The molecule has 2 aliphatic heterocycles. The molecule has 0 N–H and O–H groups in total. The van der Waals surface area contributed by atoms with E-state index in [0.29, 0.717) is 53.7 Å². The van der Waals surface area contributed by atoms with E-state index in [4.69, 9.17) is 36.3 Å². The molecule has 0 aliphatic carbocycles. The molecule has 13 heteroatoms. The topological polar surface area (TPSA) is 110 Å². The summed E-state index contributed by atoms with van der Waals surface area (Å²) in [5, 5.41) is 0.726. The number of amides is 1. The Morgan fingerprint density at radius 3 is 2.19 bits per heavy atom. The number of aromatic nitrogens is 5. The van der Waals surface area contributed by atoms with Gasteiger partial charge in [0.2, 0.25) is 0 Å². The van der Waals surface area contributed by atoms with Gasteiger partial charge in [-0.15, -0.1) is 0 Å². The standard InChI is InChI=1S/C39H50ClFN8O3/c1-22(2)31-34(32(23(3)4)43-30(42-31)21-46-16-12-13-17-46)49-36-27(18-28(40)33(44-36)26-14-10-11-15-29(26)41)35(45-37(49)50)47-19-25(6)48(20-24(47)5)38(51)52-39(7,8)9/h10-11,14-15,18,22-25H,12-13,16-17,19-21H2,1-9H3/t24-,25+/m0/s1. The van der Waals surface area contributed by atoms with Gasteiger partial charge in [-0.25, -0.2) is 33.5 Å². The first-order valence-electron chi connectivity index (χ1n) is 18.3. The molecule has 2 aliphatic rings. The highest BCUT2D eigenvalue weighted by Crippen LogP contribution is 2.37. The van der Waals surface area contributed by atoms with Crippen LogP contribution < -0.4 is 10.6 Å². The average molecular weight is 733 g/mol. The summed E-state index contributed by atoms with van der Waals surface area (Å²) in [5.41, 5.74) is 1.44. The number of anilines is 1. The molecule has 11 nitrogen and oxygen atoms in total. The van der Waals surface area contributed by atoms with Crippen molar-refractivity contribution >= 4 is 34.5 Å². The normalized spacial score (nSPS) is 18.6. The lowest BCUT2D eigenvalue weighted by Gasteiger charge is -2.44. The molecule has 6 rings (SSSR count). The maximum absolute atomic E-state index is 15.3. The van der Waals surface area contributed by atoms with Crippen LogP contribution >= 0.6 is 11.6 Å². The SMILES string of the molecule is CC(C)c1nc(CN2CCCC2)nc(C(C)C)c1-n1c(=O)nc(N2C[C@@H](C)N(C(=O)OC(C)(C)C)C[C@@H]2C)c2cc(Cl)c(-c3ccccc3F)nc21. The maximum Gasteiger partial charge on any atom is 0.410 e. The second-order valence-corrected chi connectivity index (χ2v) is 16.2. The number of piperazine rings is 1. The van der Waals surface area contributed by atoms with E-state index in [-0.39, 0.29) is 45.8 Å². The summed E-state index contributed by atoms with van der Waals surface area (Å²) in [6.45, 7) is 21.0. The molecule has 5 heterocycles. The molecule has 0 spiro atoms. The van der Waals surface area contributed by atoms with Gasteiger partial charge in [0.15, 0.2) is 5.65 Å². The molecule has 0 saturated carbocycles. The Morgan fingerprint density at radius 1 is 0.962 bits per heavy atom. The number of pyridine rings is 1. The quantitative estimate of drug-likeness (QED) is 0.189. The van der Waals surface area contributed by atoms with Crippen LogP contribution in [-0.4, -0.2) is 84.3 Å². The zero-order valence-corrected chi connectivity index (χ0v) is 32.5. The summed E-state index contributed by atoms with van der Waals surface area (Å²) in [7, 11) is 0. The number of hydrogen-bond acceptors (Lipinski definition) is 9. The molecular weight excluding hydrogens is 683 g/mol. The van der Waals surface area contributed by atoms with Gasteiger partial charge in [0, 0.05) is 30.7 Å². The fourth-order valence-corrected chi connectivity index (χ4v) is 7.40. The smallest absolute Gasteiger partial charge is 0.410 e. The molecule has 4 aromatic rings. The van der Waals surface area contributed by atoms with E-state index in [0.717, 1.165) is 25.9 Å². The van der Waals surface area contributed by atoms with Gasteiger partial charge in [-0.2, -0.15) is 4.98 Å². The van der Waals surface area contributed by atoms with Gasteiger partial charge < -0.3 is 14.5 Å². The van der Waals surface area contributed by atoms with Gasteiger partial charge in [-0.3, -0.25) is 4.90 Å². The number of hydrogen-bond donors (Lipinski definition) is 0. The molecule has 0 bridgehead atoms. The minimum atomic E-state index is -0.641. The molecule has 2 fully saturated rings. The summed E-state index contributed by atoms with van der Waals surface area (Å²) in [6.07, 6.45) is 1.91. The van der Waals surface area contributed by atoms with Crippen molar-refractivity contribution < 1.29 is 13.9 Å². The van der Waals surface area contributed by atoms with Crippen LogP contribution in [0.2, 0.25) is 5.02 Å². The highest BCUT2D eigenvalue weighted by molar-refractivity contribution is 6.33. The number of benzene rings is 1. The van der Waals surface area contributed by atoms with E-state index in [2.05, 4.69) is 4.90 Å². The van der Waals surface area contributed by atoms with Gasteiger partial charge in [-0.1, -0.05) is 51.4 Å². The van der Waals surface area contributed by atoms with Crippen molar-refractivity contribution in [1.29, 1.82) is 0 Å². The fraction of sp³-hybridized carbons (Fsp3) is 0.538. The monoisotopic (exact) mass is 732 g/mol. The molecule has 1 aromatic carbocycles. The number of carbonyl (C=O) groups excluding carboxylic acids is 1. The second kappa shape index (κ2) is 14.7. The number of rotatable bonds is 7. The predicted molar refractivity (Wildman–Crippen MR) is 203 cm³/mol. The van der Waals surface area contributed by atoms with E-state index in [1.165, 1.54) is 10.6 Å². The third-order valence-corrected chi connectivity index (χ3v) is 9.97. The molecule has 0 unspecified atom stereocenters. The first-order valence-corrected chi connectivity index (χ1v) is 18.7. The van der Waals surface area contributed by atoms with Crippen LogP contribution in [0.5, 0.6) is 0 Å². The zero-order valence-electron chi connectivity index (χ0n) is 31.7. The molecule has 2 atom stereocenters. The number of halogens is 2. The number of likely N-dealkylation sites (tertiary alicyclic amines) is 1. The third kappa shape index (κ3) is 7.50. The largest absolute Gasteiger partial charge is 0.444 e. The number of carbonyl (C=O) groups is 1. The van der Waals surface area contributed by atoms with E-state index in [1.807, 2.05) is 67.2 Å². The van der Waals surface area contributed by atoms with Crippen molar-refractivity contribution in [3.63, 3.8) is 0 Å². The zero-order chi connectivity index (χ0) is 37.6. The van der Waals surface area contributed by atoms with E-state index in [9.17, 15) is 9.59 Å². The van der Waals surface area contributed by atoms with Gasteiger partial charge in [0.1, 0.15) is 23.1 Å². The Hall–Kier alpha value is -4.16. The lowest BCUT2D eigenvalue weighted by molar-refractivity contribution is 0.0130. The number of nitrogens with zero attached hydrogens (tertiary/aromatic N) is 8. The number of ether oxygens (including phenoxy) is 1. The highest BCUT2D eigenvalue weighted by atomic mass is 35.5. The first kappa shape index (κ1) is 37.6. The van der Waals surface area contributed by atoms with Gasteiger partial charge >= 0.3 is 11.8 Å². The van der Waals surface area contributed by atoms with Crippen LogP contribution in [-0.2, 0) is 11.3 Å². The van der Waals surface area contributed by atoms with Crippen LogP contribution in [0.4, 0.5) is 15.0 Å². The van der Waals surface area contributed by atoms with Crippen molar-refractivity contribution in [2.45, 2.75) is 111 Å². The average Bonchev–Trinajstić information content (AvgIpc) is 3.57. The van der Waals surface area contributed by atoms with Crippen molar-refractivity contribution in [3.8, 4) is 16.9 Å². The molecular formula is C39H50ClFN8O3. The molecule has 278 valence electrons. The Kier molecular flexibility index (Phi) is 10.6. The molecule has 0 radical (unpaired) electrons. The van der Waals surface area contributed by atoms with Crippen molar-refractivity contribution in [3.05, 3.63) is 68.9 Å². The molecule has 2 saturated heterocycles. The molecule has 1 amide bonds. The number of fused-ring (bicyclic) bond motifs is 1. The van der Waals surface area contributed by atoms with Gasteiger partial charge in [-0.05, 0) is 90.6 Å². The Bertz CT molecular complexity index is 2010. The lowest BCUT2D eigenvalue weighted by atomic mass is 10.0. The van der Waals surface area contributed by atoms with Gasteiger partial charge in [0.25, 0.3) is 0 Å². The summed E-state index contributed by atoms with van der Waals surface area (Å²) >= 11 is 6.95. The third-order valence-electron chi connectivity index (χ3n) is 9.68. The van der Waals surface area contributed by atoms with E-state index in [1.54, 1.807) is 29.2 Å². The Balaban J connectivity index is 1.58. The van der Waals surface area contributed by atoms with Crippen LogP contribution in [0.25, 0.3) is 28.0 Å². The van der Waals surface area contributed by atoms with E-state index >= 15 is 4.39 Å². The highest BCUT2D eigenvalue weighted by Gasteiger charge is 2.37. The van der Waals surface area contributed by atoms with E-state index < -0.39 is 23.2 Å². The summed E-state index contributed by atoms with van der Waals surface area (Å²) < 4.78 is 22.5. The first-order chi connectivity index (χ1) is 24.5. The van der Waals surface area contributed by atoms with Crippen molar-refractivity contribution in [2.24, 2.45) is 0 Å². The minimum Gasteiger partial charge on any atom is -0.444 e. The van der Waals surface area contributed by atoms with Crippen LogP contribution in [0.15, 0.2) is 35.1 Å². The van der Waals surface area contributed by atoms with Crippen molar-refractivity contribution in [2.75, 3.05) is 31.1 Å². The second-order valence-electron chi connectivity index (χ2n) is 15.8. The minimum absolute atomic E-state index is 0.0744. The van der Waals surface area contributed by atoms with Crippen LogP contribution in [0, 0.1) is 5.82 Å². The fourth-order valence-electron chi connectivity index (χ4n) is 7.15.